The molecular weight excluding hydrogens is 335 g/mol. The molecule has 6 heteroatoms. The molecule has 88 valence electrons. The van der Waals surface area contributed by atoms with Gasteiger partial charge in [0.2, 0.25) is 5.88 Å². The van der Waals surface area contributed by atoms with E-state index in [0.29, 0.717) is 14.8 Å². The van der Waals surface area contributed by atoms with Gasteiger partial charge in [-0.25, -0.2) is 0 Å². The Morgan fingerprint density at radius 2 is 2.24 bits per heavy atom. The van der Waals surface area contributed by atoms with Gasteiger partial charge in [-0.05, 0) is 47.7 Å². The molecule has 0 aliphatic heterocycles. The van der Waals surface area contributed by atoms with Crippen molar-refractivity contribution in [2.24, 2.45) is 0 Å². The van der Waals surface area contributed by atoms with Crippen LogP contribution in [-0.4, -0.2) is 16.2 Å². The lowest BCUT2D eigenvalue weighted by Gasteiger charge is -2.02. The fourth-order valence-electron chi connectivity index (χ4n) is 1.26. The zero-order valence-corrected chi connectivity index (χ0v) is 11.1. The van der Waals surface area contributed by atoms with E-state index < -0.39 is 0 Å². The fourth-order valence-corrected chi connectivity index (χ4v) is 1.60. The predicted molar refractivity (Wildman–Crippen MR) is 70.0 cm³/mol. The van der Waals surface area contributed by atoms with E-state index in [9.17, 15) is 9.90 Å². The molecule has 0 fully saturated rings. The maximum Gasteiger partial charge on any atom is 0.258 e. The molecule has 1 amide bonds. The molecule has 1 heterocycles. The van der Waals surface area contributed by atoms with E-state index in [1.54, 1.807) is 25.1 Å². The lowest BCUT2D eigenvalue weighted by atomic mass is 10.2. The number of aromatic nitrogens is 1. The van der Waals surface area contributed by atoms with Crippen LogP contribution in [0.15, 0.2) is 28.8 Å². The third kappa shape index (κ3) is 2.76. The molecule has 1 aromatic carbocycles. The molecule has 17 heavy (non-hydrogen) atoms. The number of rotatable bonds is 2. The van der Waals surface area contributed by atoms with E-state index in [4.69, 9.17) is 4.52 Å². The second-order valence-electron chi connectivity index (χ2n) is 3.45. The Bertz CT molecular complexity index is 566. The number of aryl methyl sites for hydroxylation is 1. The highest BCUT2D eigenvalue weighted by Crippen LogP contribution is 2.21. The fraction of sp³-hybridized carbons (Fsp3) is 0.0909. The summed E-state index contributed by atoms with van der Waals surface area (Å²) < 4.78 is 5.55. The molecule has 5 nitrogen and oxygen atoms in total. The molecule has 0 radical (unpaired) electrons. The largest absolute Gasteiger partial charge is 0.507 e. The van der Waals surface area contributed by atoms with Crippen molar-refractivity contribution in [1.29, 1.82) is 0 Å². The first-order valence-corrected chi connectivity index (χ1v) is 5.87. The molecule has 0 unspecified atom stereocenters. The van der Waals surface area contributed by atoms with E-state index in [2.05, 4.69) is 10.5 Å². The van der Waals surface area contributed by atoms with Crippen LogP contribution in [-0.2, 0) is 0 Å². The maximum absolute atomic E-state index is 11.8. The smallest absolute Gasteiger partial charge is 0.258 e. The molecule has 0 spiro atoms. The van der Waals surface area contributed by atoms with Crippen molar-refractivity contribution in [2.75, 3.05) is 5.32 Å². The third-order valence-electron chi connectivity index (χ3n) is 2.07. The number of phenols is 1. The van der Waals surface area contributed by atoms with Crippen LogP contribution in [0.5, 0.6) is 5.75 Å². The number of carbonyl (C=O) groups is 1. The highest BCUT2D eigenvalue weighted by atomic mass is 127. The van der Waals surface area contributed by atoms with Gasteiger partial charge in [0.1, 0.15) is 5.75 Å². The summed E-state index contributed by atoms with van der Waals surface area (Å²) in [6.07, 6.45) is 0. The van der Waals surface area contributed by atoms with Crippen LogP contribution < -0.4 is 5.32 Å². The van der Waals surface area contributed by atoms with Gasteiger partial charge in [-0.1, -0.05) is 5.16 Å². The Morgan fingerprint density at radius 1 is 1.47 bits per heavy atom. The zero-order valence-electron chi connectivity index (χ0n) is 8.90. The number of aromatic hydroxyl groups is 1. The van der Waals surface area contributed by atoms with Crippen LogP contribution in [0.3, 0.4) is 0 Å². The number of amides is 1. The minimum absolute atomic E-state index is 0.0759. The van der Waals surface area contributed by atoms with Gasteiger partial charge in [0, 0.05) is 11.6 Å². The topological polar surface area (TPSA) is 75.4 Å². The molecular formula is C11H9IN2O3. The number of phenolic OH excluding ortho intramolecular Hbond substituents is 1. The Labute approximate surface area is 111 Å². The monoisotopic (exact) mass is 344 g/mol. The van der Waals surface area contributed by atoms with E-state index in [-0.39, 0.29) is 17.5 Å². The summed E-state index contributed by atoms with van der Waals surface area (Å²) in [6, 6.07) is 6.31. The number of halogens is 1. The summed E-state index contributed by atoms with van der Waals surface area (Å²) in [5, 5.41) is 15.7. The number of carbonyl (C=O) groups excluding carboxylic acids is 1. The highest BCUT2D eigenvalue weighted by molar-refractivity contribution is 14.1. The molecule has 1 aromatic heterocycles. The second kappa shape index (κ2) is 4.74. The molecule has 2 rings (SSSR count). The van der Waals surface area contributed by atoms with Crippen molar-refractivity contribution in [3.05, 3.63) is 39.1 Å². The Kier molecular flexibility index (Phi) is 3.32. The summed E-state index contributed by atoms with van der Waals surface area (Å²) in [7, 11) is 0. The molecule has 2 N–H and O–H groups in total. The second-order valence-corrected chi connectivity index (χ2v) is 4.62. The van der Waals surface area contributed by atoms with Gasteiger partial charge in [-0.2, -0.15) is 0 Å². The molecule has 0 saturated carbocycles. The van der Waals surface area contributed by atoms with Crippen molar-refractivity contribution in [3.63, 3.8) is 0 Å². The van der Waals surface area contributed by atoms with Gasteiger partial charge in [0.05, 0.1) is 9.26 Å². The molecule has 0 saturated heterocycles. The quantitative estimate of drug-likeness (QED) is 0.821. The molecule has 2 aromatic rings. The minimum Gasteiger partial charge on any atom is -0.507 e. The van der Waals surface area contributed by atoms with E-state index in [1.165, 1.54) is 6.07 Å². The van der Waals surface area contributed by atoms with Crippen LogP contribution in [0, 0.1) is 10.5 Å². The van der Waals surface area contributed by atoms with Gasteiger partial charge in [-0.15, -0.1) is 0 Å². The standard InChI is InChI=1S/C11H9IN2O3/c1-6-4-10(17-14-6)13-11(16)7-2-3-8(12)9(15)5-7/h2-5,15H,1H3,(H,13,16). The van der Waals surface area contributed by atoms with Gasteiger partial charge in [0.25, 0.3) is 5.91 Å². The number of hydrogen-bond donors (Lipinski definition) is 2. The average molecular weight is 344 g/mol. The summed E-state index contributed by atoms with van der Waals surface area (Å²) in [4.78, 5) is 11.8. The van der Waals surface area contributed by atoms with Crippen molar-refractivity contribution in [3.8, 4) is 5.75 Å². The van der Waals surface area contributed by atoms with Gasteiger partial charge in [0.15, 0.2) is 0 Å². The van der Waals surface area contributed by atoms with Crippen molar-refractivity contribution in [1.82, 2.24) is 5.16 Å². The summed E-state index contributed by atoms with van der Waals surface area (Å²) >= 11 is 1.98. The number of hydrogen-bond acceptors (Lipinski definition) is 4. The zero-order chi connectivity index (χ0) is 12.4. The lowest BCUT2D eigenvalue weighted by molar-refractivity contribution is 0.102. The molecule has 0 aliphatic rings. The van der Waals surface area contributed by atoms with E-state index in [1.807, 2.05) is 22.6 Å². The first-order valence-electron chi connectivity index (χ1n) is 4.79. The van der Waals surface area contributed by atoms with Crippen molar-refractivity contribution >= 4 is 34.4 Å². The van der Waals surface area contributed by atoms with Crippen LogP contribution in [0.4, 0.5) is 5.88 Å². The Morgan fingerprint density at radius 3 is 2.82 bits per heavy atom. The van der Waals surface area contributed by atoms with Gasteiger partial charge >= 0.3 is 0 Å². The lowest BCUT2D eigenvalue weighted by Crippen LogP contribution is -2.11. The normalized spacial score (nSPS) is 10.2. The Balaban J connectivity index is 2.17. The highest BCUT2D eigenvalue weighted by Gasteiger charge is 2.10. The minimum atomic E-state index is -0.354. The van der Waals surface area contributed by atoms with Crippen molar-refractivity contribution in [2.45, 2.75) is 6.92 Å². The first-order chi connectivity index (χ1) is 8.06. The van der Waals surface area contributed by atoms with E-state index >= 15 is 0 Å². The van der Waals surface area contributed by atoms with Crippen LogP contribution in [0.1, 0.15) is 16.1 Å². The van der Waals surface area contributed by atoms with Crippen molar-refractivity contribution < 1.29 is 14.4 Å². The molecule has 0 atom stereocenters. The average Bonchev–Trinajstić information content (AvgIpc) is 2.68. The third-order valence-corrected chi connectivity index (χ3v) is 2.99. The molecule has 0 bridgehead atoms. The number of anilines is 1. The Hall–Kier alpha value is -1.57. The van der Waals surface area contributed by atoms with Crippen LogP contribution in [0.2, 0.25) is 0 Å². The first kappa shape index (κ1) is 11.9. The summed E-state index contributed by atoms with van der Waals surface area (Å²) in [5.41, 5.74) is 1.04. The number of nitrogens with one attached hydrogen (secondary N) is 1. The summed E-state index contributed by atoms with van der Waals surface area (Å²) in [6.45, 7) is 1.76. The van der Waals surface area contributed by atoms with Crippen LogP contribution in [0.25, 0.3) is 0 Å². The van der Waals surface area contributed by atoms with Crippen LogP contribution >= 0.6 is 22.6 Å². The van der Waals surface area contributed by atoms with E-state index in [0.717, 1.165) is 0 Å². The molecule has 0 aliphatic carbocycles. The summed E-state index contributed by atoms with van der Waals surface area (Å²) in [5.74, 6) is 0.00499. The SMILES string of the molecule is Cc1cc(NC(=O)c2ccc(I)c(O)c2)on1. The maximum atomic E-state index is 11.8. The van der Waals surface area contributed by atoms with Gasteiger partial charge in [-0.3, -0.25) is 10.1 Å². The predicted octanol–water partition coefficient (Wildman–Crippen LogP) is 2.55. The van der Waals surface area contributed by atoms with Gasteiger partial charge < -0.3 is 9.63 Å². The number of benzene rings is 1. The number of nitrogens with zero attached hydrogens (tertiary/aromatic N) is 1.